The highest BCUT2D eigenvalue weighted by Gasteiger charge is 2.35. The van der Waals surface area contributed by atoms with Crippen molar-refractivity contribution in [2.24, 2.45) is 0 Å². The molecule has 1 aromatic carbocycles. The van der Waals surface area contributed by atoms with Gasteiger partial charge in [0, 0.05) is 25.2 Å². The fraction of sp³-hybridized carbons (Fsp3) is 0.350. The molecule has 3 aromatic rings. The summed E-state index contributed by atoms with van der Waals surface area (Å²) in [4.78, 5) is 19.4. The van der Waals surface area contributed by atoms with Crippen LogP contribution >= 0.6 is 0 Å². The second-order valence-corrected chi connectivity index (χ2v) is 7.60. The fourth-order valence-corrected chi connectivity index (χ4v) is 4.18. The average molecular weight is 416 g/mol. The molecule has 30 heavy (non-hydrogen) atoms. The van der Waals surface area contributed by atoms with Crippen LogP contribution in [0.3, 0.4) is 0 Å². The Kier molecular flexibility index (Phi) is 4.39. The van der Waals surface area contributed by atoms with Gasteiger partial charge in [-0.25, -0.2) is 9.50 Å². The SMILES string of the molecule is O=C(Nc1ccccc1C(F)(F)F)c1ccc2cnc(N3C[C@@H]4CC[C@@H]3CN4)nn12. The van der Waals surface area contributed by atoms with Crippen LogP contribution in [-0.2, 0) is 6.18 Å². The first-order valence-corrected chi connectivity index (χ1v) is 9.72. The second-order valence-electron chi connectivity index (χ2n) is 7.60. The molecule has 2 atom stereocenters. The molecule has 0 saturated carbocycles. The van der Waals surface area contributed by atoms with Crippen LogP contribution < -0.4 is 15.5 Å². The number of alkyl halides is 3. The molecular weight excluding hydrogens is 397 g/mol. The minimum absolute atomic E-state index is 0.144. The molecular formula is C20H19F3N6O. The van der Waals surface area contributed by atoms with E-state index < -0.39 is 17.6 Å². The van der Waals surface area contributed by atoms with Crippen LogP contribution in [0.2, 0.25) is 0 Å². The molecule has 0 spiro atoms. The summed E-state index contributed by atoms with van der Waals surface area (Å²) >= 11 is 0. The van der Waals surface area contributed by atoms with Crippen LogP contribution in [0.4, 0.5) is 24.8 Å². The van der Waals surface area contributed by atoms with Crippen molar-refractivity contribution in [3.63, 3.8) is 0 Å². The highest BCUT2D eigenvalue weighted by Crippen LogP contribution is 2.34. The van der Waals surface area contributed by atoms with E-state index in [4.69, 9.17) is 0 Å². The number of hydrogen-bond acceptors (Lipinski definition) is 5. The summed E-state index contributed by atoms with van der Waals surface area (Å²) in [5.74, 6) is -0.155. The van der Waals surface area contributed by atoms with E-state index in [-0.39, 0.29) is 11.4 Å². The lowest BCUT2D eigenvalue weighted by Crippen LogP contribution is -2.61. The Labute approximate surface area is 169 Å². The van der Waals surface area contributed by atoms with E-state index in [1.165, 1.54) is 28.8 Å². The van der Waals surface area contributed by atoms with Gasteiger partial charge < -0.3 is 15.5 Å². The van der Waals surface area contributed by atoms with Crippen LogP contribution in [0, 0.1) is 0 Å². The lowest BCUT2D eigenvalue weighted by Gasteiger charge is -2.45. The molecule has 2 N–H and O–H groups in total. The monoisotopic (exact) mass is 416 g/mol. The summed E-state index contributed by atoms with van der Waals surface area (Å²) in [5.41, 5.74) is -0.454. The average Bonchev–Trinajstić information content (AvgIpc) is 3.17. The zero-order valence-electron chi connectivity index (χ0n) is 15.9. The van der Waals surface area contributed by atoms with Crippen molar-refractivity contribution in [3.8, 4) is 0 Å². The van der Waals surface area contributed by atoms with Crippen LogP contribution in [-0.4, -0.2) is 45.7 Å². The first-order chi connectivity index (χ1) is 14.4. The normalized spacial score (nSPS) is 21.2. The number of nitrogens with one attached hydrogen (secondary N) is 2. The van der Waals surface area contributed by atoms with Crippen LogP contribution in [0.1, 0.15) is 28.9 Å². The van der Waals surface area contributed by atoms with Crippen molar-refractivity contribution < 1.29 is 18.0 Å². The molecule has 1 amide bonds. The highest BCUT2D eigenvalue weighted by molar-refractivity contribution is 6.04. The third-order valence-corrected chi connectivity index (χ3v) is 5.71. The largest absolute Gasteiger partial charge is 0.418 e. The van der Waals surface area contributed by atoms with Crippen LogP contribution in [0.5, 0.6) is 0 Å². The zero-order valence-corrected chi connectivity index (χ0v) is 15.9. The van der Waals surface area contributed by atoms with Crippen molar-refractivity contribution in [1.29, 1.82) is 0 Å². The minimum Gasteiger partial charge on any atom is -0.334 e. The van der Waals surface area contributed by atoms with Crippen molar-refractivity contribution in [2.45, 2.75) is 31.1 Å². The zero-order chi connectivity index (χ0) is 20.9. The number of carbonyl (C=O) groups excluding carboxylic acids is 1. The fourth-order valence-electron chi connectivity index (χ4n) is 4.18. The maximum Gasteiger partial charge on any atom is 0.418 e. The molecule has 3 aliphatic heterocycles. The number of fused-ring (bicyclic) bond motifs is 4. The van der Waals surface area contributed by atoms with Gasteiger partial charge in [0.15, 0.2) is 0 Å². The van der Waals surface area contributed by atoms with Gasteiger partial charge in [-0.05, 0) is 37.1 Å². The highest BCUT2D eigenvalue weighted by atomic mass is 19.4. The van der Waals surface area contributed by atoms with Gasteiger partial charge in [0.1, 0.15) is 5.69 Å². The molecule has 2 aromatic heterocycles. The predicted molar refractivity (Wildman–Crippen MR) is 105 cm³/mol. The number of hydrogen-bond donors (Lipinski definition) is 2. The molecule has 0 aliphatic carbocycles. The molecule has 156 valence electrons. The Morgan fingerprint density at radius 1 is 1.17 bits per heavy atom. The van der Waals surface area contributed by atoms with Gasteiger partial charge in [0.05, 0.1) is 23.0 Å². The number of benzene rings is 1. The maximum atomic E-state index is 13.2. The molecule has 7 nitrogen and oxygen atoms in total. The number of piperidine rings is 2. The van der Waals surface area contributed by atoms with Gasteiger partial charge in [0.2, 0.25) is 5.95 Å². The Morgan fingerprint density at radius 3 is 2.70 bits per heavy atom. The Morgan fingerprint density at radius 2 is 2.00 bits per heavy atom. The second kappa shape index (κ2) is 6.98. The van der Waals surface area contributed by atoms with Crippen LogP contribution in [0.15, 0.2) is 42.6 Å². The number of amides is 1. The number of para-hydroxylation sites is 1. The lowest BCUT2D eigenvalue weighted by molar-refractivity contribution is -0.136. The number of carbonyl (C=O) groups is 1. The van der Waals surface area contributed by atoms with Crippen molar-refractivity contribution in [3.05, 3.63) is 53.9 Å². The number of nitrogens with zero attached hydrogens (tertiary/aromatic N) is 4. The van der Waals surface area contributed by atoms with E-state index in [0.29, 0.717) is 23.5 Å². The Balaban J connectivity index is 1.46. The van der Waals surface area contributed by atoms with E-state index in [1.54, 1.807) is 12.3 Å². The Bertz CT molecular complexity index is 1100. The van der Waals surface area contributed by atoms with Gasteiger partial charge >= 0.3 is 6.18 Å². The summed E-state index contributed by atoms with van der Waals surface area (Å²) in [6.45, 7) is 1.65. The maximum absolute atomic E-state index is 13.2. The number of rotatable bonds is 3. The quantitative estimate of drug-likeness (QED) is 0.687. The summed E-state index contributed by atoms with van der Waals surface area (Å²) in [6.07, 6.45) is -0.786. The standard InChI is InChI=1S/C20H19F3N6O/c21-20(22,23)15-3-1-2-4-16(15)26-18(30)17-8-7-14-10-25-19(27-29(14)17)28-11-12-5-6-13(28)9-24-12/h1-4,7-8,10,12-13,24H,5-6,9,11H2,(H,26,30)/t12-,13+/m0/s1. The minimum atomic E-state index is -4.57. The molecule has 3 saturated heterocycles. The van der Waals surface area contributed by atoms with E-state index in [0.717, 1.165) is 32.0 Å². The number of halogens is 3. The van der Waals surface area contributed by atoms with Gasteiger partial charge in [-0.1, -0.05) is 12.1 Å². The predicted octanol–water partition coefficient (Wildman–Crippen LogP) is 2.94. The summed E-state index contributed by atoms with van der Waals surface area (Å²) in [5, 5.41) is 10.4. The number of piperazine rings is 1. The van der Waals surface area contributed by atoms with Crippen molar-refractivity contribution >= 4 is 23.1 Å². The van der Waals surface area contributed by atoms with Crippen molar-refractivity contribution in [2.75, 3.05) is 23.3 Å². The van der Waals surface area contributed by atoms with E-state index in [2.05, 4.69) is 25.6 Å². The van der Waals surface area contributed by atoms with E-state index >= 15 is 0 Å². The molecule has 5 heterocycles. The van der Waals surface area contributed by atoms with Gasteiger partial charge in [-0.2, -0.15) is 13.2 Å². The van der Waals surface area contributed by atoms with E-state index in [9.17, 15) is 18.0 Å². The lowest BCUT2D eigenvalue weighted by atomic mass is 9.93. The smallest absolute Gasteiger partial charge is 0.334 e. The summed E-state index contributed by atoms with van der Waals surface area (Å²) < 4.78 is 41.2. The third kappa shape index (κ3) is 3.26. The van der Waals surface area contributed by atoms with Gasteiger partial charge in [-0.15, -0.1) is 5.10 Å². The first kappa shape index (κ1) is 18.9. The number of aromatic nitrogens is 3. The molecule has 10 heteroatoms. The first-order valence-electron chi connectivity index (χ1n) is 9.72. The molecule has 3 aliphatic rings. The molecule has 3 fully saturated rings. The molecule has 6 rings (SSSR count). The third-order valence-electron chi connectivity index (χ3n) is 5.71. The van der Waals surface area contributed by atoms with E-state index in [1.807, 2.05) is 0 Å². The molecule has 2 bridgehead atoms. The number of anilines is 2. The molecule has 0 unspecified atom stereocenters. The van der Waals surface area contributed by atoms with Crippen molar-refractivity contribution in [1.82, 2.24) is 19.9 Å². The van der Waals surface area contributed by atoms with Gasteiger partial charge in [-0.3, -0.25) is 4.79 Å². The molecule has 0 radical (unpaired) electrons. The van der Waals surface area contributed by atoms with Crippen LogP contribution in [0.25, 0.3) is 5.52 Å². The topological polar surface area (TPSA) is 74.6 Å². The summed E-state index contributed by atoms with van der Waals surface area (Å²) in [7, 11) is 0. The summed E-state index contributed by atoms with van der Waals surface area (Å²) in [6, 6.07) is 8.77. The van der Waals surface area contributed by atoms with Gasteiger partial charge in [0.25, 0.3) is 5.91 Å². The Hall–Kier alpha value is -3.14.